The van der Waals surface area contributed by atoms with Crippen molar-refractivity contribution in [3.63, 3.8) is 0 Å². The van der Waals surface area contributed by atoms with Crippen molar-refractivity contribution in [1.82, 2.24) is 8.96 Å². The lowest BCUT2D eigenvalue weighted by Gasteiger charge is -2.16. The predicted molar refractivity (Wildman–Crippen MR) is 170 cm³/mol. The summed E-state index contributed by atoms with van der Waals surface area (Å²) in [6, 6.07) is 23.6. The Labute approximate surface area is 269 Å². The number of alkyl halides is 5. The van der Waals surface area contributed by atoms with Gasteiger partial charge in [0.1, 0.15) is 5.82 Å². The highest BCUT2D eigenvalue weighted by Crippen LogP contribution is 2.48. The van der Waals surface area contributed by atoms with Crippen LogP contribution in [0.5, 0.6) is 0 Å². The van der Waals surface area contributed by atoms with Crippen LogP contribution in [0.2, 0.25) is 0 Å². The van der Waals surface area contributed by atoms with Crippen LogP contribution < -0.4 is 0 Å². The number of carbonyl (C=O) groups excluding carboxylic acids is 1. The lowest BCUT2D eigenvalue weighted by atomic mass is 9.94. The second kappa shape index (κ2) is 12.6. The Hall–Kier alpha value is -5.03. The summed E-state index contributed by atoms with van der Waals surface area (Å²) in [5, 5.41) is 0.185. The number of hydrogen-bond donors (Lipinski definition) is 0. The number of nitrogens with zero attached hydrogens (tertiary/aromatic N) is 2. The molecule has 0 N–H and O–H groups in total. The van der Waals surface area contributed by atoms with Gasteiger partial charge in [0.25, 0.3) is 6.43 Å². The largest absolute Gasteiger partial charge is 0.465 e. The quantitative estimate of drug-likeness (QED) is 0.126. The molecule has 6 aromatic rings. The third kappa shape index (κ3) is 6.23. The second-order valence-corrected chi connectivity index (χ2v) is 11.7. The molecule has 0 unspecified atom stereocenters. The van der Waals surface area contributed by atoms with Crippen molar-refractivity contribution in [1.29, 1.82) is 0 Å². The first kappa shape index (κ1) is 31.9. The third-order valence-electron chi connectivity index (χ3n) is 7.66. The molecule has 0 saturated heterocycles. The van der Waals surface area contributed by atoms with Gasteiger partial charge in [0.05, 0.1) is 35.1 Å². The number of halogens is 6. The standard InChI is InChI=1S/C36H24F6N2O2S/c1-20-17-24(35(45)46-2)10-14-27(20)22-5-3-6-23(18-22)33-31(32-29(36(40,41)42)7-4-16-43-32)28-19-25(37)11-15-30(28)44(33)47-26-12-8-21(9-13-26)34(38)39/h3-19,34H,1-2H3. The maximum absolute atomic E-state index is 14.8. The lowest BCUT2D eigenvalue weighted by Crippen LogP contribution is -2.08. The average Bonchev–Trinajstić information content (AvgIpc) is 3.36. The van der Waals surface area contributed by atoms with E-state index in [1.165, 1.54) is 61.8 Å². The number of carbonyl (C=O) groups is 1. The second-order valence-electron chi connectivity index (χ2n) is 10.6. The molecule has 0 amide bonds. The molecule has 2 heterocycles. The van der Waals surface area contributed by atoms with Gasteiger partial charge in [-0.15, -0.1) is 0 Å². The van der Waals surface area contributed by atoms with Gasteiger partial charge in [0, 0.05) is 33.2 Å². The van der Waals surface area contributed by atoms with Crippen LogP contribution in [0.4, 0.5) is 26.3 Å². The van der Waals surface area contributed by atoms with Crippen molar-refractivity contribution in [2.75, 3.05) is 7.11 Å². The van der Waals surface area contributed by atoms with Gasteiger partial charge < -0.3 is 4.74 Å². The Kier molecular flexibility index (Phi) is 8.59. The van der Waals surface area contributed by atoms with E-state index in [2.05, 4.69) is 4.98 Å². The van der Waals surface area contributed by atoms with Crippen molar-refractivity contribution in [2.24, 2.45) is 0 Å². The van der Waals surface area contributed by atoms with Crippen LogP contribution in [0.15, 0.2) is 108 Å². The Morgan fingerprint density at radius 2 is 1.64 bits per heavy atom. The average molecular weight is 663 g/mol. The minimum Gasteiger partial charge on any atom is -0.465 e. The summed E-state index contributed by atoms with van der Waals surface area (Å²) in [5.41, 5.74) is 2.24. The minimum absolute atomic E-state index is 0.0547. The summed E-state index contributed by atoms with van der Waals surface area (Å²) < 4.78 is 91.2. The number of esters is 1. The first-order valence-electron chi connectivity index (χ1n) is 14.2. The predicted octanol–water partition coefficient (Wildman–Crippen LogP) is 10.8. The number of aromatic nitrogens is 2. The third-order valence-corrected chi connectivity index (χ3v) is 8.70. The van der Waals surface area contributed by atoms with Gasteiger partial charge >= 0.3 is 12.1 Å². The van der Waals surface area contributed by atoms with E-state index in [0.717, 1.165) is 29.1 Å². The molecule has 0 saturated carbocycles. The van der Waals surface area contributed by atoms with Crippen molar-refractivity contribution in [3.8, 4) is 33.6 Å². The molecule has 0 aliphatic carbocycles. The number of ether oxygens (including phenoxy) is 1. The topological polar surface area (TPSA) is 44.1 Å². The van der Waals surface area contributed by atoms with Crippen LogP contribution >= 0.6 is 11.9 Å². The molecule has 4 nitrogen and oxygen atoms in total. The molecule has 2 aromatic heterocycles. The fraction of sp³-hybridized carbons (Fsp3) is 0.111. The Balaban J connectivity index is 1.64. The molecule has 11 heteroatoms. The number of rotatable bonds is 7. The van der Waals surface area contributed by atoms with Crippen LogP contribution in [0.25, 0.3) is 44.5 Å². The zero-order valence-corrected chi connectivity index (χ0v) is 25.6. The molecule has 47 heavy (non-hydrogen) atoms. The number of aryl methyl sites for hydroxylation is 1. The zero-order valence-electron chi connectivity index (χ0n) is 24.8. The van der Waals surface area contributed by atoms with Crippen molar-refractivity contribution < 1.29 is 35.9 Å². The molecule has 4 aromatic carbocycles. The van der Waals surface area contributed by atoms with E-state index in [4.69, 9.17) is 4.74 Å². The van der Waals surface area contributed by atoms with Gasteiger partial charge in [0.15, 0.2) is 0 Å². The van der Waals surface area contributed by atoms with Crippen molar-refractivity contribution in [2.45, 2.75) is 24.4 Å². The number of pyridine rings is 1. The van der Waals surface area contributed by atoms with Gasteiger partial charge in [-0.05, 0) is 96.2 Å². The van der Waals surface area contributed by atoms with E-state index >= 15 is 0 Å². The maximum Gasteiger partial charge on any atom is 0.418 e. The van der Waals surface area contributed by atoms with Gasteiger partial charge in [-0.1, -0.05) is 36.4 Å². The Morgan fingerprint density at radius 1 is 0.894 bits per heavy atom. The molecule has 0 spiro atoms. The molecule has 238 valence electrons. The van der Waals surface area contributed by atoms with Crippen molar-refractivity contribution in [3.05, 3.63) is 131 Å². The van der Waals surface area contributed by atoms with Crippen LogP contribution in [-0.4, -0.2) is 22.0 Å². The summed E-state index contributed by atoms with van der Waals surface area (Å²) in [6.07, 6.45) is -6.21. The molecule has 6 rings (SSSR count). The summed E-state index contributed by atoms with van der Waals surface area (Å²) in [6.45, 7) is 1.82. The minimum atomic E-state index is -4.78. The zero-order chi connectivity index (χ0) is 33.5. The number of benzene rings is 4. The molecular formula is C36H24F6N2O2S. The highest BCUT2D eigenvalue weighted by atomic mass is 32.2. The molecule has 0 bridgehead atoms. The fourth-order valence-electron chi connectivity index (χ4n) is 5.51. The smallest absolute Gasteiger partial charge is 0.418 e. The van der Waals surface area contributed by atoms with Crippen LogP contribution in [0.3, 0.4) is 0 Å². The van der Waals surface area contributed by atoms with Crippen LogP contribution in [0.1, 0.15) is 33.5 Å². The van der Waals surface area contributed by atoms with Gasteiger partial charge in [0.2, 0.25) is 0 Å². The summed E-state index contributed by atoms with van der Waals surface area (Å²) in [5.74, 6) is -1.16. The SMILES string of the molecule is COC(=O)c1ccc(-c2cccc(-c3c(-c4ncccc4C(F)(F)F)c4cc(F)ccc4n3Sc3ccc(C(F)F)cc3)c2)c(C)c1. The highest BCUT2D eigenvalue weighted by molar-refractivity contribution is 7.98. The number of methoxy groups -OCH3 is 1. The molecule has 0 aliphatic rings. The van der Waals surface area contributed by atoms with Gasteiger partial charge in [-0.25, -0.2) is 18.0 Å². The first-order valence-corrected chi connectivity index (χ1v) is 15.0. The normalized spacial score (nSPS) is 11.8. The Bertz CT molecular complexity index is 2120. The highest BCUT2D eigenvalue weighted by Gasteiger charge is 2.36. The van der Waals surface area contributed by atoms with E-state index in [-0.39, 0.29) is 22.2 Å². The van der Waals surface area contributed by atoms with E-state index < -0.39 is 30.0 Å². The number of hydrogen-bond acceptors (Lipinski definition) is 4. The monoisotopic (exact) mass is 662 g/mol. The van der Waals surface area contributed by atoms with Crippen molar-refractivity contribution >= 4 is 28.8 Å². The van der Waals surface area contributed by atoms with E-state index in [1.54, 1.807) is 40.4 Å². The summed E-state index contributed by atoms with van der Waals surface area (Å²) in [4.78, 5) is 16.8. The first-order chi connectivity index (χ1) is 22.5. The van der Waals surface area contributed by atoms with E-state index in [1.807, 2.05) is 13.0 Å². The molecule has 0 atom stereocenters. The Morgan fingerprint density at radius 3 is 2.32 bits per heavy atom. The molecule has 0 fully saturated rings. The van der Waals surface area contributed by atoms with E-state index in [0.29, 0.717) is 32.8 Å². The van der Waals surface area contributed by atoms with Crippen LogP contribution in [0, 0.1) is 12.7 Å². The van der Waals surface area contributed by atoms with E-state index in [9.17, 15) is 31.1 Å². The summed E-state index contributed by atoms with van der Waals surface area (Å²) in [7, 11) is 1.29. The molecular weight excluding hydrogens is 638 g/mol. The van der Waals surface area contributed by atoms with Gasteiger partial charge in [-0.3, -0.25) is 8.96 Å². The molecule has 0 aliphatic heterocycles. The maximum atomic E-state index is 14.8. The molecule has 0 radical (unpaired) electrons. The lowest BCUT2D eigenvalue weighted by molar-refractivity contribution is -0.137. The summed E-state index contributed by atoms with van der Waals surface area (Å²) >= 11 is 1.10. The van der Waals surface area contributed by atoms with Gasteiger partial charge in [-0.2, -0.15) is 13.2 Å². The fourth-order valence-corrected chi connectivity index (χ4v) is 6.52. The van der Waals surface area contributed by atoms with Crippen LogP contribution in [-0.2, 0) is 10.9 Å². The number of fused-ring (bicyclic) bond motifs is 1.